The minimum Gasteiger partial charge on any atom is -0.472 e. The van der Waals surface area contributed by atoms with Crippen LogP contribution in [0.3, 0.4) is 0 Å². The molecule has 5 heteroatoms. The number of carbonyl (C=O) groups excluding carboxylic acids is 1. The fourth-order valence-electron chi connectivity index (χ4n) is 6.97. The first-order valence-corrected chi connectivity index (χ1v) is 12.3. The first-order valence-electron chi connectivity index (χ1n) is 12.3. The number of hydrogen-bond acceptors (Lipinski definition) is 4. The van der Waals surface area contributed by atoms with Crippen molar-refractivity contribution in [3.05, 3.63) is 29.0 Å². The maximum Gasteiger partial charge on any atom is 0.341 e. The molecule has 3 aliphatic heterocycles. The van der Waals surface area contributed by atoms with Gasteiger partial charge in [0.05, 0.1) is 5.56 Å². The average molecular weight is 423 g/mol. The maximum absolute atomic E-state index is 13.4. The van der Waals surface area contributed by atoms with Crippen LogP contribution in [-0.2, 0) is 11.2 Å². The quantitative estimate of drug-likeness (QED) is 0.650. The van der Waals surface area contributed by atoms with E-state index in [-0.39, 0.29) is 17.3 Å². The van der Waals surface area contributed by atoms with Gasteiger partial charge >= 0.3 is 5.97 Å². The van der Waals surface area contributed by atoms with Gasteiger partial charge in [-0.25, -0.2) is 4.79 Å². The fraction of sp³-hybridized carbons (Fsp3) is 0.654. The lowest BCUT2D eigenvalue weighted by Gasteiger charge is -2.56. The second kappa shape index (κ2) is 6.99. The normalized spacial score (nSPS) is 29.7. The van der Waals surface area contributed by atoms with E-state index in [1.54, 1.807) is 0 Å². The molecule has 1 saturated carbocycles. The summed E-state index contributed by atoms with van der Waals surface area (Å²) in [5.41, 5.74) is 3.38. The van der Waals surface area contributed by atoms with Crippen molar-refractivity contribution in [3.63, 3.8) is 0 Å². The summed E-state index contributed by atoms with van der Waals surface area (Å²) in [6.07, 6.45) is 11.3. The Morgan fingerprint density at radius 3 is 2.74 bits per heavy atom. The summed E-state index contributed by atoms with van der Waals surface area (Å²) >= 11 is 0. The number of rotatable bonds is 2. The van der Waals surface area contributed by atoms with Crippen molar-refractivity contribution >= 4 is 16.9 Å². The number of hydrogen-bond donors (Lipinski definition) is 1. The van der Waals surface area contributed by atoms with E-state index in [0.29, 0.717) is 5.92 Å². The number of nitrogens with zero attached hydrogens (tertiary/aromatic N) is 1. The van der Waals surface area contributed by atoms with Gasteiger partial charge in [0.1, 0.15) is 11.4 Å². The minimum atomic E-state index is -0.325. The Bertz CT molecular complexity index is 1030. The Balaban J connectivity index is 1.43. The molecule has 3 fully saturated rings. The van der Waals surface area contributed by atoms with E-state index in [1.165, 1.54) is 31.2 Å². The predicted octanol–water partition coefficient (Wildman–Crippen LogP) is 5.49. The molecule has 2 aromatic rings. The molecule has 1 aromatic heterocycles. The van der Waals surface area contributed by atoms with Crippen molar-refractivity contribution in [2.75, 3.05) is 13.1 Å². The summed E-state index contributed by atoms with van der Waals surface area (Å²) in [5.74, 6) is 1.29. The maximum atomic E-state index is 13.4. The number of fused-ring (bicyclic) bond motifs is 3. The topological polar surface area (TPSA) is 54.6 Å². The molecule has 4 heterocycles. The molecule has 2 saturated heterocycles. The monoisotopic (exact) mass is 422 g/mol. The molecule has 166 valence electrons. The van der Waals surface area contributed by atoms with Gasteiger partial charge in [-0.15, -0.1) is 0 Å². The highest BCUT2D eigenvalue weighted by Gasteiger charge is 2.52. The fourth-order valence-corrected chi connectivity index (χ4v) is 6.97. The molecule has 2 unspecified atom stereocenters. The molecule has 31 heavy (non-hydrogen) atoms. The molecule has 1 N–H and O–H groups in total. The van der Waals surface area contributed by atoms with Crippen molar-refractivity contribution in [1.82, 2.24) is 9.88 Å². The number of esters is 1. The molecular formula is C26H34N2O3. The van der Waals surface area contributed by atoms with Crippen molar-refractivity contribution in [2.24, 2.45) is 5.92 Å². The number of ether oxygens (including phenoxy) is 2. The Kier molecular flexibility index (Phi) is 4.44. The van der Waals surface area contributed by atoms with Crippen LogP contribution < -0.4 is 4.74 Å². The second-order valence-electron chi connectivity index (χ2n) is 10.6. The SMILES string of the molecule is Cc1[nH]c2ccc3c(c2c1C(=O)OC1(C)CCCC1)CC1CCCN2CCCCC12O3. The van der Waals surface area contributed by atoms with Gasteiger partial charge in [0.15, 0.2) is 5.72 Å². The van der Waals surface area contributed by atoms with Gasteiger partial charge in [-0.1, -0.05) is 0 Å². The van der Waals surface area contributed by atoms with Crippen LogP contribution in [0.25, 0.3) is 10.9 Å². The summed E-state index contributed by atoms with van der Waals surface area (Å²) in [5, 5.41) is 1.03. The molecule has 1 aliphatic carbocycles. The summed E-state index contributed by atoms with van der Waals surface area (Å²) in [4.78, 5) is 19.5. The molecular weight excluding hydrogens is 388 g/mol. The Morgan fingerprint density at radius 1 is 1.13 bits per heavy atom. The molecule has 4 aliphatic rings. The molecule has 1 spiro atoms. The van der Waals surface area contributed by atoms with E-state index in [9.17, 15) is 4.79 Å². The number of aromatic nitrogens is 1. The third-order valence-corrected chi connectivity index (χ3v) is 8.53. The predicted molar refractivity (Wildman–Crippen MR) is 121 cm³/mol. The van der Waals surface area contributed by atoms with Crippen LogP contribution in [0.5, 0.6) is 5.75 Å². The number of H-pyrrole nitrogens is 1. The molecule has 0 radical (unpaired) electrons. The first kappa shape index (κ1) is 19.7. The summed E-state index contributed by atoms with van der Waals surface area (Å²) < 4.78 is 13.0. The molecule has 2 atom stereocenters. The third-order valence-electron chi connectivity index (χ3n) is 8.53. The van der Waals surface area contributed by atoms with Crippen molar-refractivity contribution < 1.29 is 14.3 Å². The summed E-state index contributed by atoms with van der Waals surface area (Å²) in [7, 11) is 0. The molecule has 0 amide bonds. The van der Waals surface area contributed by atoms with E-state index in [4.69, 9.17) is 9.47 Å². The summed E-state index contributed by atoms with van der Waals surface area (Å²) in [6, 6.07) is 4.20. The Morgan fingerprint density at radius 2 is 1.90 bits per heavy atom. The zero-order chi connectivity index (χ0) is 21.2. The number of aromatic amines is 1. The standard InChI is InChI=1S/C26H34N2O3/c1-17-22(24(29)31-25(2)11-3-4-12-25)23-19-16-18-8-7-15-28-14-6-5-13-26(18,28)30-21(19)10-9-20(23)27-17/h9-10,18,27H,3-8,11-16H2,1-2H3. The first-order chi connectivity index (χ1) is 15.0. The zero-order valence-corrected chi connectivity index (χ0v) is 18.9. The van der Waals surface area contributed by atoms with E-state index < -0.39 is 0 Å². The van der Waals surface area contributed by atoms with Crippen LogP contribution in [-0.4, -0.2) is 40.3 Å². The Labute approximate surface area is 184 Å². The number of benzene rings is 1. The van der Waals surface area contributed by atoms with Gasteiger partial charge in [0.2, 0.25) is 0 Å². The van der Waals surface area contributed by atoms with Crippen LogP contribution in [0.2, 0.25) is 0 Å². The van der Waals surface area contributed by atoms with Crippen LogP contribution >= 0.6 is 0 Å². The lowest BCUT2D eigenvalue weighted by Crippen LogP contribution is -2.64. The molecule has 6 rings (SSSR count). The zero-order valence-electron chi connectivity index (χ0n) is 18.9. The van der Waals surface area contributed by atoms with Crippen molar-refractivity contribution in [3.8, 4) is 5.75 Å². The van der Waals surface area contributed by atoms with Gasteiger partial charge in [-0.05, 0) is 83.8 Å². The number of carbonyl (C=O) groups is 1. The van der Waals surface area contributed by atoms with Crippen molar-refractivity contribution in [1.29, 1.82) is 0 Å². The minimum absolute atomic E-state index is 0.138. The van der Waals surface area contributed by atoms with Gasteiger partial charge in [-0.2, -0.15) is 0 Å². The Hall–Kier alpha value is -2.01. The average Bonchev–Trinajstić information content (AvgIpc) is 3.33. The number of nitrogens with one attached hydrogen (secondary N) is 1. The smallest absolute Gasteiger partial charge is 0.341 e. The highest BCUT2D eigenvalue weighted by Crippen LogP contribution is 2.50. The largest absolute Gasteiger partial charge is 0.472 e. The molecule has 5 nitrogen and oxygen atoms in total. The van der Waals surface area contributed by atoms with E-state index >= 15 is 0 Å². The summed E-state index contributed by atoms with van der Waals surface area (Å²) in [6.45, 7) is 6.37. The molecule has 1 aromatic carbocycles. The number of piperidine rings is 2. The highest BCUT2D eigenvalue weighted by atomic mass is 16.6. The van der Waals surface area contributed by atoms with E-state index in [0.717, 1.165) is 79.5 Å². The lowest BCUT2D eigenvalue weighted by molar-refractivity contribution is -0.177. The highest BCUT2D eigenvalue weighted by molar-refractivity contribution is 6.07. The van der Waals surface area contributed by atoms with Crippen LogP contribution in [0, 0.1) is 12.8 Å². The van der Waals surface area contributed by atoms with Crippen LogP contribution in [0.4, 0.5) is 0 Å². The van der Waals surface area contributed by atoms with Crippen LogP contribution in [0.15, 0.2) is 12.1 Å². The van der Waals surface area contributed by atoms with Gasteiger partial charge in [0.25, 0.3) is 0 Å². The third kappa shape index (κ3) is 2.95. The number of aryl methyl sites for hydroxylation is 1. The van der Waals surface area contributed by atoms with Gasteiger partial charge < -0.3 is 14.5 Å². The van der Waals surface area contributed by atoms with Crippen molar-refractivity contribution in [2.45, 2.75) is 89.4 Å². The van der Waals surface area contributed by atoms with E-state index in [1.807, 2.05) is 6.92 Å². The van der Waals surface area contributed by atoms with Gasteiger partial charge in [-0.3, -0.25) is 4.90 Å². The van der Waals surface area contributed by atoms with Gasteiger partial charge in [0, 0.05) is 47.6 Å². The molecule has 0 bridgehead atoms. The lowest BCUT2D eigenvalue weighted by atomic mass is 9.74. The van der Waals surface area contributed by atoms with E-state index in [2.05, 4.69) is 28.9 Å². The van der Waals surface area contributed by atoms with Crippen LogP contribution in [0.1, 0.15) is 86.3 Å². The second-order valence-corrected chi connectivity index (χ2v) is 10.6.